The molecule has 1 aliphatic rings. The smallest absolute Gasteiger partial charge is 0.287 e. The van der Waals surface area contributed by atoms with Gasteiger partial charge in [-0.1, -0.05) is 11.6 Å². The van der Waals surface area contributed by atoms with Gasteiger partial charge in [0, 0.05) is 17.8 Å². The van der Waals surface area contributed by atoms with Crippen molar-refractivity contribution in [1.29, 1.82) is 0 Å². The van der Waals surface area contributed by atoms with Gasteiger partial charge in [0.05, 0.1) is 6.04 Å². The minimum absolute atomic E-state index is 0.0317. The van der Waals surface area contributed by atoms with Crippen molar-refractivity contribution in [3.63, 3.8) is 0 Å². The average Bonchev–Trinajstić information content (AvgIpc) is 2.98. The largest absolute Gasteiger partial charge is 0.451 e. The first-order valence-corrected chi connectivity index (χ1v) is 7.94. The van der Waals surface area contributed by atoms with Gasteiger partial charge in [-0.05, 0) is 61.6 Å². The Labute approximate surface area is 134 Å². The maximum absolute atomic E-state index is 12.6. The number of carbonyl (C=O) groups excluding carboxylic acids is 1. The molecule has 0 fully saturated rings. The third-order valence-corrected chi connectivity index (χ3v) is 4.46. The van der Waals surface area contributed by atoms with Crippen molar-refractivity contribution in [3.05, 3.63) is 65.2 Å². The molecular formula is C19H18N2O2. The molecule has 3 aromatic rings. The van der Waals surface area contributed by atoms with Crippen LogP contribution in [0.1, 0.15) is 46.1 Å². The summed E-state index contributed by atoms with van der Waals surface area (Å²) in [7, 11) is 0. The number of aryl methyl sites for hydroxylation is 2. The molecule has 0 radical (unpaired) electrons. The van der Waals surface area contributed by atoms with Crippen LogP contribution in [0, 0.1) is 6.92 Å². The number of hydrogen-bond donors (Lipinski definition) is 1. The number of rotatable bonds is 2. The summed E-state index contributed by atoms with van der Waals surface area (Å²) < 4.78 is 5.69. The van der Waals surface area contributed by atoms with Gasteiger partial charge in [0.1, 0.15) is 5.58 Å². The Kier molecular flexibility index (Phi) is 3.37. The number of pyridine rings is 1. The van der Waals surface area contributed by atoms with Gasteiger partial charge in [0.2, 0.25) is 0 Å². The van der Waals surface area contributed by atoms with Crippen LogP contribution < -0.4 is 5.32 Å². The minimum atomic E-state index is -0.159. The molecule has 1 amide bonds. The summed E-state index contributed by atoms with van der Waals surface area (Å²) in [5.41, 5.74) is 4.30. The van der Waals surface area contributed by atoms with E-state index in [-0.39, 0.29) is 11.9 Å². The second-order valence-electron chi connectivity index (χ2n) is 6.14. The molecular weight excluding hydrogens is 288 g/mol. The molecule has 2 aromatic heterocycles. The number of amides is 1. The molecule has 4 nitrogen and oxygen atoms in total. The Bertz CT molecular complexity index is 882. The van der Waals surface area contributed by atoms with Gasteiger partial charge in [0.25, 0.3) is 5.91 Å². The van der Waals surface area contributed by atoms with Crippen LogP contribution >= 0.6 is 0 Å². The van der Waals surface area contributed by atoms with Gasteiger partial charge < -0.3 is 9.73 Å². The standard InChI is InChI=1S/C19H18N2O2/c1-12-5-6-17-14(9-12)10-18(23-17)19(22)21-16-4-2-3-13-11-20-8-7-15(13)16/h5-11,16H,2-4H2,1H3,(H,21,22). The molecule has 1 aliphatic carbocycles. The van der Waals surface area contributed by atoms with E-state index < -0.39 is 0 Å². The van der Waals surface area contributed by atoms with Crippen molar-refractivity contribution in [2.75, 3.05) is 0 Å². The van der Waals surface area contributed by atoms with E-state index in [9.17, 15) is 4.79 Å². The predicted molar refractivity (Wildman–Crippen MR) is 88.3 cm³/mol. The van der Waals surface area contributed by atoms with Crippen LogP contribution in [0.4, 0.5) is 0 Å². The summed E-state index contributed by atoms with van der Waals surface area (Å²) >= 11 is 0. The van der Waals surface area contributed by atoms with Crippen LogP contribution in [0.3, 0.4) is 0 Å². The number of benzene rings is 1. The molecule has 0 saturated carbocycles. The first-order valence-electron chi connectivity index (χ1n) is 7.94. The molecule has 0 saturated heterocycles. The lowest BCUT2D eigenvalue weighted by Crippen LogP contribution is -2.30. The summed E-state index contributed by atoms with van der Waals surface area (Å²) in [5, 5.41) is 4.07. The third-order valence-electron chi connectivity index (χ3n) is 4.46. The van der Waals surface area contributed by atoms with E-state index in [4.69, 9.17) is 4.42 Å². The van der Waals surface area contributed by atoms with Crippen molar-refractivity contribution in [2.24, 2.45) is 0 Å². The third kappa shape index (κ3) is 2.61. The van der Waals surface area contributed by atoms with Crippen LogP contribution in [0.2, 0.25) is 0 Å². The van der Waals surface area contributed by atoms with Gasteiger partial charge in [-0.3, -0.25) is 9.78 Å². The van der Waals surface area contributed by atoms with E-state index in [1.54, 1.807) is 6.20 Å². The van der Waals surface area contributed by atoms with Gasteiger partial charge in [-0.2, -0.15) is 0 Å². The first-order chi connectivity index (χ1) is 11.2. The van der Waals surface area contributed by atoms with E-state index in [1.807, 2.05) is 43.5 Å². The quantitative estimate of drug-likeness (QED) is 0.780. The van der Waals surface area contributed by atoms with Crippen LogP contribution in [0.5, 0.6) is 0 Å². The number of carbonyl (C=O) groups is 1. The number of aromatic nitrogens is 1. The summed E-state index contributed by atoms with van der Waals surface area (Å²) in [4.78, 5) is 16.7. The van der Waals surface area contributed by atoms with Crippen molar-refractivity contribution >= 4 is 16.9 Å². The van der Waals surface area contributed by atoms with E-state index in [2.05, 4.69) is 10.3 Å². The molecule has 116 valence electrons. The Morgan fingerprint density at radius 3 is 3.13 bits per heavy atom. The number of nitrogens with zero attached hydrogens (tertiary/aromatic N) is 1. The number of furan rings is 1. The van der Waals surface area contributed by atoms with Crippen molar-refractivity contribution in [1.82, 2.24) is 10.3 Å². The second-order valence-corrected chi connectivity index (χ2v) is 6.14. The zero-order chi connectivity index (χ0) is 15.8. The maximum atomic E-state index is 12.6. The predicted octanol–water partition coefficient (Wildman–Crippen LogP) is 3.94. The van der Waals surface area contributed by atoms with Crippen LogP contribution in [-0.2, 0) is 6.42 Å². The summed E-state index contributed by atoms with van der Waals surface area (Å²) in [6, 6.07) is 9.76. The zero-order valence-corrected chi connectivity index (χ0v) is 13.0. The molecule has 4 heteroatoms. The second kappa shape index (κ2) is 5.54. The molecule has 4 rings (SSSR count). The molecule has 1 atom stereocenters. The van der Waals surface area contributed by atoms with Crippen LogP contribution in [0.15, 0.2) is 47.1 Å². The first kappa shape index (κ1) is 14.0. The molecule has 1 N–H and O–H groups in total. The fourth-order valence-corrected chi connectivity index (χ4v) is 3.29. The molecule has 0 aliphatic heterocycles. The molecule has 23 heavy (non-hydrogen) atoms. The summed E-state index contributed by atoms with van der Waals surface area (Å²) in [6.45, 7) is 2.03. The normalized spacial score (nSPS) is 17.0. The van der Waals surface area contributed by atoms with E-state index in [0.717, 1.165) is 35.8 Å². The highest BCUT2D eigenvalue weighted by molar-refractivity contribution is 5.96. The number of hydrogen-bond acceptors (Lipinski definition) is 3. The van der Waals surface area contributed by atoms with E-state index in [1.165, 1.54) is 11.1 Å². The molecule has 0 spiro atoms. The number of nitrogens with one attached hydrogen (secondary N) is 1. The summed E-state index contributed by atoms with van der Waals surface area (Å²) in [5.74, 6) is 0.209. The van der Waals surface area contributed by atoms with Gasteiger partial charge in [-0.25, -0.2) is 0 Å². The van der Waals surface area contributed by atoms with Crippen LogP contribution in [0.25, 0.3) is 11.0 Å². The Morgan fingerprint density at radius 1 is 1.30 bits per heavy atom. The molecule has 2 heterocycles. The Balaban J connectivity index is 1.60. The highest BCUT2D eigenvalue weighted by Crippen LogP contribution is 2.29. The van der Waals surface area contributed by atoms with E-state index >= 15 is 0 Å². The minimum Gasteiger partial charge on any atom is -0.451 e. The highest BCUT2D eigenvalue weighted by Gasteiger charge is 2.23. The fourth-order valence-electron chi connectivity index (χ4n) is 3.29. The molecule has 0 bridgehead atoms. The van der Waals surface area contributed by atoms with Crippen molar-refractivity contribution < 1.29 is 9.21 Å². The average molecular weight is 306 g/mol. The Hall–Kier alpha value is -2.62. The van der Waals surface area contributed by atoms with Gasteiger partial charge in [0.15, 0.2) is 5.76 Å². The lowest BCUT2D eigenvalue weighted by atomic mass is 9.89. The molecule has 1 aromatic carbocycles. The fraction of sp³-hybridized carbons (Fsp3) is 0.263. The van der Waals surface area contributed by atoms with Gasteiger partial charge >= 0.3 is 0 Å². The van der Waals surface area contributed by atoms with Crippen molar-refractivity contribution in [2.45, 2.75) is 32.2 Å². The Morgan fingerprint density at radius 2 is 2.22 bits per heavy atom. The monoisotopic (exact) mass is 306 g/mol. The molecule has 1 unspecified atom stereocenters. The van der Waals surface area contributed by atoms with Crippen molar-refractivity contribution in [3.8, 4) is 0 Å². The number of fused-ring (bicyclic) bond motifs is 2. The highest BCUT2D eigenvalue weighted by atomic mass is 16.3. The SMILES string of the molecule is Cc1ccc2oc(C(=O)NC3CCCc4cnccc43)cc2c1. The lowest BCUT2D eigenvalue weighted by Gasteiger charge is -2.25. The van der Waals surface area contributed by atoms with Gasteiger partial charge in [-0.15, -0.1) is 0 Å². The zero-order valence-electron chi connectivity index (χ0n) is 13.0. The lowest BCUT2D eigenvalue weighted by molar-refractivity contribution is 0.0907. The van der Waals surface area contributed by atoms with E-state index in [0.29, 0.717) is 5.76 Å². The summed E-state index contributed by atoms with van der Waals surface area (Å²) in [6.07, 6.45) is 6.72. The van der Waals surface area contributed by atoms with Crippen LogP contribution in [-0.4, -0.2) is 10.9 Å². The maximum Gasteiger partial charge on any atom is 0.287 e. The topological polar surface area (TPSA) is 55.1 Å².